The van der Waals surface area contributed by atoms with E-state index < -0.39 is 0 Å². The van der Waals surface area contributed by atoms with E-state index in [9.17, 15) is 4.79 Å². The van der Waals surface area contributed by atoms with Gasteiger partial charge in [-0.25, -0.2) is 0 Å². The molecule has 2 aromatic rings. The van der Waals surface area contributed by atoms with Crippen molar-refractivity contribution in [2.75, 3.05) is 11.1 Å². The molecule has 3 N–H and O–H groups in total. The molecule has 5 heteroatoms. The molecule has 0 unspecified atom stereocenters. The number of rotatable bonds is 1. The van der Waals surface area contributed by atoms with Crippen molar-refractivity contribution in [2.45, 2.75) is 13.3 Å². The van der Waals surface area contributed by atoms with E-state index in [2.05, 4.69) is 10.3 Å². The Morgan fingerprint density at radius 1 is 1.47 bits per heavy atom. The molecule has 0 bridgehead atoms. The van der Waals surface area contributed by atoms with Gasteiger partial charge in [0.05, 0.1) is 6.42 Å². The van der Waals surface area contributed by atoms with Gasteiger partial charge in [0.15, 0.2) is 0 Å². The lowest BCUT2D eigenvalue weighted by Gasteiger charge is -2.01. The first-order valence-electron chi connectivity index (χ1n) is 5.29. The second-order valence-corrected chi connectivity index (χ2v) is 4.05. The zero-order valence-electron chi connectivity index (χ0n) is 9.28. The maximum Gasteiger partial charge on any atom is 0.292 e. The van der Waals surface area contributed by atoms with Crippen molar-refractivity contribution in [1.29, 1.82) is 0 Å². The minimum absolute atomic E-state index is 0.0218. The third-order valence-corrected chi connectivity index (χ3v) is 2.82. The standard InChI is InChI=1S/C12H11N3O2/c1-6-11(15-12(13)17-6)7-2-3-9-8(4-7)5-10(16)14-9/h2-4H,5H2,1H3,(H2,13,15)(H,14,16). The molecule has 1 aliphatic heterocycles. The first-order valence-corrected chi connectivity index (χ1v) is 5.29. The van der Waals surface area contributed by atoms with E-state index in [0.29, 0.717) is 12.2 Å². The average molecular weight is 229 g/mol. The average Bonchev–Trinajstić information content (AvgIpc) is 2.78. The number of hydrogen-bond acceptors (Lipinski definition) is 4. The van der Waals surface area contributed by atoms with Crippen molar-refractivity contribution in [3.63, 3.8) is 0 Å². The predicted molar refractivity (Wildman–Crippen MR) is 63.4 cm³/mol. The fourth-order valence-corrected chi connectivity index (χ4v) is 2.06. The zero-order valence-corrected chi connectivity index (χ0v) is 9.28. The van der Waals surface area contributed by atoms with Crippen LogP contribution in [0.1, 0.15) is 11.3 Å². The molecule has 0 saturated heterocycles. The number of nitrogens with two attached hydrogens (primary N) is 1. The van der Waals surface area contributed by atoms with Crippen LogP contribution in [0.3, 0.4) is 0 Å². The zero-order chi connectivity index (χ0) is 12.0. The maximum atomic E-state index is 11.3. The Balaban J connectivity index is 2.09. The Morgan fingerprint density at radius 2 is 2.29 bits per heavy atom. The van der Waals surface area contributed by atoms with Crippen molar-refractivity contribution in [1.82, 2.24) is 4.98 Å². The molecule has 0 aliphatic carbocycles. The maximum absolute atomic E-state index is 11.3. The lowest BCUT2D eigenvalue weighted by molar-refractivity contribution is -0.115. The second-order valence-electron chi connectivity index (χ2n) is 4.05. The van der Waals surface area contributed by atoms with Gasteiger partial charge in [-0.2, -0.15) is 4.98 Å². The summed E-state index contributed by atoms with van der Waals surface area (Å²) in [6.07, 6.45) is 0.412. The van der Waals surface area contributed by atoms with Crippen LogP contribution in [0.2, 0.25) is 0 Å². The molecule has 1 aromatic carbocycles. The number of hydrogen-bond donors (Lipinski definition) is 2. The molecule has 0 atom stereocenters. The van der Waals surface area contributed by atoms with Crippen molar-refractivity contribution < 1.29 is 9.21 Å². The van der Waals surface area contributed by atoms with E-state index in [4.69, 9.17) is 10.2 Å². The van der Waals surface area contributed by atoms with Crippen LogP contribution >= 0.6 is 0 Å². The summed E-state index contributed by atoms with van der Waals surface area (Å²) < 4.78 is 5.19. The lowest BCUT2D eigenvalue weighted by Crippen LogP contribution is -2.03. The molecule has 86 valence electrons. The largest absolute Gasteiger partial charge is 0.429 e. The van der Waals surface area contributed by atoms with Gasteiger partial charge in [-0.3, -0.25) is 4.79 Å². The Morgan fingerprint density at radius 3 is 3.00 bits per heavy atom. The third-order valence-electron chi connectivity index (χ3n) is 2.82. The van der Waals surface area contributed by atoms with Crippen LogP contribution in [0.25, 0.3) is 11.3 Å². The van der Waals surface area contributed by atoms with Gasteiger partial charge in [-0.15, -0.1) is 0 Å². The summed E-state index contributed by atoms with van der Waals surface area (Å²) in [4.78, 5) is 15.4. The van der Waals surface area contributed by atoms with Crippen LogP contribution in [-0.4, -0.2) is 10.9 Å². The van der Waals surface area contributed by atoms with Crippen molar-refractivity contribution in [3.8, 4) is 11.3 Å². The molecule has 0 spiro atoms. The number of aryl methyl sites for hydroxylation is 1. The Bertz CT molecular complexity index is 616. The van der Waals surface area contributed by atoms with Gasteiger partial charge in [-0.1, -0.05) is 6.07 Å². The number of benzene rings is 1. The van der Waals surface area contributed by atoms with Crippen LogP contribution in [0.15, 0.2) is 22.6 Å². The smallest absolute Gasteiger partial charge is 0.292 e. The summed E-state index contributed by atoms with van der Waals surface area (Å²) in [6.45, 7) is 1.81. The highest BCUT2D eigenvalue weighted by Crippen LogP contribution is 2.30. The minimum atomic E-state index is 0.0218. The highest BCUT2D eigenvalue weighted by Gasteiger charge is 2.19. The van der Waals surface area contributed by atoms with Gasteiger partial charge in [-0.05, 0) is 24.6 Å². The monoisotopic (exact) mass is 229 g/mol. The van der Waals surface area contributed by atoms with Gasteiger partial charge in [0.25, 0.3) is 6.01 Å². The summed E-state index contributed by atoms with van der Waals surface area (Å²) in [5.41, 5.74) is 9.00. The van der Waals surface area contributed by atoms with Crippen LogP contribution < -0.4 is 11.1 Å². The van der Waals surface area contributed by atoms with E-state index in [1.54, 1.807) is 0 Å². The number of nitrogens with one attached hydrogen (secondary N) is 1. The summed E-state index contributed by atoms with van der Waals surface area (Å²) in [5.74, 6) is 0.702. The van der Waals surface area contributed by atoms with Gasteiger partial charge in [0.1, 0.15) is 11.5 Å². The van der Waals surface area contributed by atoms with E-state index in [0.717, 1.165) is 22.5 Å². The number of carbonyl (C=O) groups is 1. The molecule has 2 heterocycles. The summed E-state index contributed by atoms with van der Waals surface area (Å²) in [7, 11) is 0. The van der Waals surface area contributed by atoms with Crippen LogP contribution in [0.5, 0.6) is 0 Å². The highest BCUT2D eigenvalue weighted by atomic mass is 16.4. The highest BCUT2D eigenvalue weighted by molar-refractivity contribution is 5.99. The summed E-state index contributed by atoms with van der Waals surface area (Å²) in [5, 5.41) is 2.79. The topological polar surface area (TPSA) is 81.2 Å². The number of aromatic nitrogens is 1. The summed E-state index contributed by atoms with van der Waals surface area (Å²) >= 11 is 0. The number of anilines is 2. The molecule has 0 radical (unpaired) electrons. The Labute approximate surface area is 97.6 Å². The normalized spacial score (nSPS) is 13.6. The molecule has 0 fully saturated rings. The second kappa shape index (κ2) is 3.35. The molecule has 17 heavy (non-hydrogen) atoms. The molecule has 3 rings (SSSR count). The van der Waals surface area contributed by atoms with E-state index in [-0.39, 0.29) is 11.9 Å². The SMILES string of the molecule is Cc1oc(N)nc1-c1ccc2c(c1)CC(=O)N2. The van der Waals surface area contributed by atoms with E-state index >= 15 is 0 Å². The van der Waals surface area contributed by atoms with Crippen molar-refractivity contribution in [2.24, 2.45) is 0 Å². The van der Waals surface area contributed by atoms with Crippen LogP contribution in [0, 0.1) is 6.92 Å². The Hall–Kier alpha value is -2.30. The van der Waals surface area contributed by atoms with Gasteiger partial charge in [0.2, 0.25) is 5.91 Å². The molecule has 5 nitrogen and oxygen atoms in total. The molecule has 1 amide bonds. The number of nitrogens with zero attached hydrogens (tertiary/aromatic N) is 1. The van der Waals surface area contributed by atoms with Gasteiger partial charge in [0, 0.05) is 11.3 Å². The van der Waals surface area contributed by atoms with Crippen LogP contribution in [-0.2, 0) is 11.2 Å². The van der Waals surface area contributed by atoms with Gasteiger partial charge < -0.3 is 15.5 Å². The van der Waals surface area contributed by atoms with E-state index in [1.807, 2.05) is 25.1 Å². The number of carbonyl (C=O) groups excluding carboxylic acids is 1. The lowest BCUT2D eigenvalue weighted by atomic mass is 10.1. The molecule has 1 aromatic heterocycles. The van der Waals surface area contributed by atoms with Crippen LogP contribution in [0.4, 0.5) is 11.7 Å². The van der Waals surface area contributed by atoms with E-state index in [1.165, 1.54) is 0 Å². The first-order chi connectivity index (χ1) is 8.13. The molecule has 0 saturated carbocycles. The molecular formula is C12H11N3O2. The molecular weight excluding hydrogens is 218 g/mol. The minimum Gasteiger partial charge on any atom is -0.429 e. The molecule has 1 aliphatic rings. The fourth-order valence-electron chi connectivity index (χ4n) is 2.06. The first kappa shape index (κ1) is 9.89. The van der Waals surface area contributed by atoms with Crippen molar-refractivity contribution in [3.05, 3.63) is 29.5 Å². The quantitative estimate of drug-likeness (QED) is 0.780. The van der Waals surface area contributed by atoms with Crippen molar-refractivity contribution >= 4 is 17.6 Å². The van der Waals surface area contributed by atoms with Gasteiger partial charge >= 0.3 is 0 Å². The number of amides is 1. The fraction of sp³-hybridized carbons (Fsp3) is 0.167. The number of nitrogen functional groups attached to an aromatic ring is 1. The number of fused-ring (bicyclic) bond motifs is 1. The third kappa shape index (κ3) is 1.56. The number of oxazole rings is 1. The predicted octanol–water partition coefficient (Wildman–Crippen LogP) is 1.73. The Kier molecular flexibility index (Phi) is 1.95. The summed E-state index contributed by atoms with van der Waals surface area (Å²) in [6, 6.07) is 5.87.